The summed E-state index contributed by atoms with van der Waals surface area (Å²) in [6, 6.07) is 27.6. The van der Waals surface area contributed by atoms with Crippen molar-refractivity contribution in [3.05, 3.63) is 108 Å². The maximum absolute atomic E-state index is 6.04. The molecule has 0 saturated carbocycles. The van der Waals surface area contributed by atoms with Crippen LogP contribution < -0.4 is 5.19 Å². The van der Waals surface area contributed by atoms with Crippen LogP contribution in [0.15, 0.2) is 77.5 Å². The first kappa shape index (κ1) is 38.4. The fraction of sp³-hybridized carbons (Fsp3) is 0.372. The minimum atomic E-state index is -1.42. The van der Waals surface area contributed by atoms with Gasteiger partial charge in [0.15, 0.2) is 0 Å². The maximum atomic E-state index is 6.04. The molecule has 259 valence electrons. The molecule has 0 fully saturated rings. The Morgan fingerprint density at radius 1 is 0.816 bits per heavy atom. The van der Waals surface area contributed by atoms with Gasteiger partial charge in [-0.2, -0.15) is 0 Å². The maximum Gasteiger partial charge on any atom is 0.216 e. The quantitative estimate of drug-likeness (QED) is 0.128. The molecule has 0 saturated heterocycles. The number of furan rings is 1. The fourth-order valence-electron chi connectivity index (χ4n) is 5.97. The number of aromatic nitrogens is 3. The van der Waals surface area contributed by atoms with Crippen molar-refractivity contribution in [2.45, 2.75) is 99.7 Å². The van der Waals surface area contributed by atoms with E-state index in [-0.39, 0.29) is 30.9 Å². The molecule has 2 aromatic carbocycles. The minimum Gasteiger partial charge on any atom is -0.486 e. The second kappa shape index (κ2) is 14.8. The van der Waals surface area contributed by atoms with Crippen molar-refractivity contribution < 1.29 is 24.5 Å². The predicted octanol–water partition coefficient (Wildman–Crippen LogP) is 11.3. The molecule has 0 spiro atoms. The molecule has 6 rings (SSSR count). The Balaban J connectivity index is 0.000000217. The normalized spacial score (nSPS) is 12.2. The molecule has 6 aromatic rings. The van der Waals surface area contributed by atoms with Crippen molar-refractivity contribution in [3.63, 3.8) is 0 Å². The van der Waals surface area contributed by atoms with Crippen LogP contribution in [0.3, 0.4) is 0 Å². The van der Waals surface area contributed by atoms with Gasteiger partial charge in [0.2, 0.25) is 5.71 Å². The fourth-order valence-corrected chi connectivity index (χ4v) is 7.54. The van der Waals surface area contributed by atoms with Gasteiger partial charge in [-0.05, 0) is 64.9 Å². The van der Waals surface area contributed by atoms with Gasteiger partial charge >= 0.3 is 0 Å². The molecule has 0 bridgehead atoms. The first-order chi connectivity index (χ1) is 22.4. The molecular formula is C43H51IrN3OSi-2. The van der Waals surface area contributed by atoms with E-state index in [0.717, 1.165) is 51.0 Å². The number of rotatable bonds is 5. The van der Waals surface area contributed by atoms with Gasteiger partial charge in [0.1, 0.15) is 0 Å². The summed E-state index contributed by atoms with van der Waals surface area (Å²) in [4.78, 5) is 13.8. The zero-order chi connectivity index (χ0) is 35.0. The number of benzene rings is 2. The number of fused-ring (bicyclic) bond motifs is 3. The van der Waals surface area contributed by atoms with E-state index in [1.165, 1.54) is 21.9 Å². The summed E-state index contributed by atoms with van der Waals surface area (Å²) in [5.74, 6) is 0.455. The first-order valence-electron chi connectivity index (χ1n) is 17.1. The molecule has 4 aromatic heterocycles. The standard InChI is InChI=1S/C23H34NSi.C20H17N2O.Ir/c1-22(2,3)15-18-14-20(24-16-21(18)25(7,8)9)17-11-10-12-19(13-17)23(4,5)6;1-12(2)14-9-10-21-18(11-14)17-6-4-5-15-16-8-7-13(3)22-20(16)23-19(15)17;/h10,12-14,16H,15H2,1-9H3;4-5,7-12H,1-3H3;/q2*-1;. The molecule has 0 aliphatic heterocycles. The van der Waals surface area contributed by atoms with Gasteiger partial charge in [-0.3, -0.25) is 0 Å². The summed E-state index contributed by atoms with van der Waals surface area (Å²) in [7, 11) is -1.42. The summed E-state index contributed by atoms with van der Waals surface area (Å²) >= 11 is 0. The Morgan fingerprint density at radius 3 is 2.18 bits per heavy atom. The summed E-state index contributed by atoms with van der Waals surface area (Å²) in [6.45, 7) is 27.2. The van der Waals surface area contributed by atoms with E-state index in [1.54, 1.807) is 0 Å². The van der Waals surface area contributed by atoms with Crippen molar-refractivity contribution in [1.29, 1.82) is 0 Å². The van der Waals surface area contributed by atoms with E-state index < -0.39 is 8.07 Å². The molecule has 6 heteroatoms. The van der Waals surface area contributed by atoms with Gasteiger partial charge < -0.3 is 14.4 Å². The monoisotopic (exact) mass is 846 g/mol. The molecule has 49 heavy (non-hydrogen) atoms. The summed E-state index contributed by atoms with van der Waals surface area (Å²) < 4.78 is 6.04. The van der Waals surface area contributed by atoms with Crippen LogP contribution in [0.2, 0.25) is 19.6 Å². The van der Waals surface area contributed by atoms with Gasteiger partial charge in [0, 0.05) is 43.6 Å². The van der Waals surface area contributed by atoms with Crippen molar-refractivity contribution in [1.82, 2.24) is 15.0 Å². The third kappa shape index (κ3) is 9.22. The van der Waals surface area contributed by atoms with Crippen LogP contribution in [0.1, 0.15) is 83.7 Å². The van der Waals surface area contributed by atoms with Crippen molar-refractivity contribution in [2.24, 2.45) is 5.41 Å². The third-order valence-corrected chi connectivity index (χ3v) is 10.7. The van der Waals surface area contributed by atoms with E-state index >= 15 is 0 Å². The van der Waals surface area contributed by atoms with E-state index in [0.29, 0.717) is 11.6 Å². The summed E-state index contributed by atoms with van der Waals surface area (Å²) in [6.07, 6.45) is 5.07. The minimum absolute atomic E-state index is 0. The van der Waals surface area contributed by atoms with E-state index in [1.807, 2.05) is 37.4 Å². The third-order valence-electron chi connectivity index (χ3n) is 8.61. The average molecular weight is 846 g/mol. The Morgan fingerprint density at radius 2 is 1.53 bits per heavy atom. The number of nitrogens with zero attached hydrogens (tertiary/aromatic N) is 3. The Hall–Kier alpha value is -3.44. The Bertz CT molecular complexity index is 2060. The van der Waals surface area contributed by atoms with Crippen molar-refractivity contribution >= 4 is 35.3 Å². The molecule has 0 N–H and O–H groups in total. The van der Waals surface area contributed by atoms with Gasteiger partial charge in [0.05, 0.1) is 13.7 Å². The second-order valence-electron chi connectivity index (χ2n) is 16.6. The zero-order valence-electron chi connectivity index (χ0n) is 31.3. The SMILES string of the molecule is CC(C)(C)Cc1cc(-c2[c-]ccc(C(C)(C)C)c2)ncc1[Si](C)(C)C.Cc1ccc2c(n1)oc1c(-c3cc(C(C)C)ccn3)[c-]ccc12.[Ir]. The van der Waals surface area contributed by atoms with E-state index in [4.69, 9.17) is 9.40 Å². The second-order valence-corrected chi connectivity index (χ2v) is 21.6. The molecular weight excluding hydrogens is 795 g/mol. The van der Waals surface area contributed by atoms with E-state index in [9.17, 15) is 0 Å². The Labute approximate surface area is 308 Å². The predicted molar refractivity (Wildman–Crippen MR) is 206 cm³/mol. The van der Waals surface area contributed by atoms with Crippen LogP contribution in [-0.2, 0) is 31.9 Å². The zero-order valence-corrected chi connectivity index (χ0v) is 34.7. The van der Waals surface area contributed by atoms with Gasteiger partial charge in [0.25, 0.3) is 0 Å². The number of hydrogen-bond acceptors (Lipinski definition) is 4. The van der Waals surface area contributed by atoms with E-state index in [2.05, 4.69) is 140 Å². The molecule has 0 atom stereocenters. The summed E-state index contributed by atoms with van der Waals surface area (Å²) in [5.41, 5.74) is 10.8. The smallest absolute Gasteiger partial charge is 0.216 e. The first-order valence-corrected chi connectivity index (χ1v) is 20.6. The van der Waals surface area contributed by atoms with Crippen LogP contribution in [0.4, 0.5) is 0 Å². The Kier molecular flexibility index (Phi) is 11.6. The van der Waals surface area contributed by atoms with Gasteiger partial charge in [-0.15, -0.1) is 53.6 Å². The number of pyridine rings is 3. The van der Waals surface area contributed by atoms with Crippen LogP contribution in [0, 0.1) is 24.5 Å². The molecule has 4 heterocycles. The molecule has 1 radical (unpaired) electrons. The molecule has 0 unspecified atom stereocenters. The molecule has 0 aliphatic carbocycles. The average Bonchev–Trinajstić information content (AvgIpc) is 3.37. The van der Waals surface area contributed by atoms with Crippen LogP contribution in [-0.4, -0.2) is 23.0 Å². The van der Waals surface area contributed by atoms with Gasteiger partial charge in [-0.25, -0.2) is 4.98 Å². The van der Waals surface area contributed by atoms with Crippen molar-refractivity contribution in [3.8, 4) is 22.5 Å². The molecule has 4 nitrogen and oxygen atoms in total. The van der Waals surface area contributed by atoms with Crippen LogP contribution in [0.25, 0.3) is 44.6 Å². The van der Waals surface area contributed by atoms with Gasteiger partial charge in [-0.1, -0.05) is 109 Å². The molecule has 0 amide bonds. The number of hydrogen-bond donors (Lipinski definition) is 0. The van der Waals surface area contributed by atoms with Crippen LogP contribution in [0.5, 0.6) is 0 Å². The molecule has 0 aliphatic rings. The number of aryl methyl sites for hydroxylation is 1. The van der Waals surface area contributed by atoms with Crippen LogP contribution >= 0.6 is 0 Å². The topological polar surface area (TPSA) is 51.8 Å². The summed E-state index contributed by atoms with van der Waals surface area (Å²) in [5, 5.41) is 3.57. The largest absolute Gasteiger partial charge is 0.486 e. The van der Waals surface area contributed by atoms with Crippen molar-refractivity contribution in [2.75, 3.05) is 0 Å².